The Labute approximate surface area is 240 Å². The number of fused-ring (bicyclic) bond motifs is 2. The number of nitrogens with zero attached hydrogens (tertiary/aromatic N) is 5. The Kier molecular flexibility index (Phi) is 6.97. The molecular formula is C31H38N6O4. The van der Waals surface area contributed by atoms with Crippen LogP contribution in [-0.2, 0) is 17.9 Å². The summed E-state index contributed by atoms with van der Waals surface area (Å²) in [6.07, 6.45) is 3.79. The molecule has 0 bridgehead atoms. The van der Waals surface area contributed by atoms with Crippen LogP contribution in [0.4, 0.5) is 5.82 Å². The minimum atomic E-state index is -0.306. The second-order valence-electron chi connectivity index (χ2n) is 12.3. The van der Waals surface area contributed by atoms with Gasteiger partial charge in [0.1, 0.15) is 11.6 Å². The first-order chi connectivity index (χ1) is 19.6. The SMILES string of the molecule is Cc1cccc2cc(O)cc(C(=O)N3Cc4nc(OCC5(CN(C)C)CC5)nc(N5CCCC(C(N)=O)C5)c4C3)c12. The highest BCUT2D eigenvalue weighted by Crippen LogP contribution is 2.46. The maximum Gasteiger partial charge on any atom is 0.318 e. The molecule has 1 aromatic heterocycles. The summed E-state index contributed by atoms with van der Waals surface area (Å²) in [6.45, 7) is 5.29. The van der Waals surface area contributed by atoms with E-state index in [2.05, 4.69) is 23.9 Å². The third kappa shape index (κ3) is 5.40. The van der Waals surface area contributed by atoms with Gasteiger partial charge >= 0.3 is 6.01 Å². The van der Waals surface area contributed by atoms with Gasteiger partial charge in [0.15, 0.2) is 0 Å². The summed E-state index contributed by atoms with van der Waals surface area (Å²) in [6, 6.07) is 9.32. The monoisotopic (exact) mass is 558 g/mol. The van der Waals surface area contributed by atoms with Gasteiger partial charge in [-0.25, -0.2) is 0 Å². The molecule has 1 atom stereocenters. The van der Waals surface area contributed by atoms with Crippen molar-refractivity contribution in [2.24, 2.45) is 17.1 Å². The lowest BCUT2D eigenvalue weighted by molar-refractivity contribution is -0.122. The van der Waals surface area contributed by atoms with Gasteiger partial charge in [-0.05, 0) is 75.2 Å². The lowest BCUT2D eigenvalue weighted by Gasteiger charge is -2.33. The van der Waals surface area contributed by atoms with Crippen molar-refractivity contribution in [1.82, 2.24) is 19.8 Å². The number of phenols is 1. The van der Waals surface area contributed by atoms with E-state index in [-0.39, 0.29) is 28.9 Å². The Hall–Kier alpha value is -3.92. The number of carbonyl (C=O) groups excluding carboxylic acids is 2. The molecule has 216 valence electrons. The molecule has 1 aliphatic carbocycles. The van der Waals surface area contributed by atoms with Crippen molar-refractivity contribution in [1.29, 1.82) is 0 Å². The summed E-state index contributed by atoms with van der Waals surface area (Å²) >= 11 is 0. The molecule has 1 saturated heterocycles. The molecule has 3 aromatic rings. The lowest BCUT2D eigenvalue weighted by atomic mass is 9.97. The highest BCUT2D eigenvalue weighted by molar-refractivity contribution is 6.09. The number of benzene rings is 2. The topological polar surface area (TPSA) is 125 Å². The summed E-state index contributed by atoms with van der Waals surface area (Å²) in [5.74, 6) is 0.0224. The number of amides is 2. The van der Waals surface area contributed by atoms with Crippen LogP contribution in [-0.4, -0.2) is 77.0 Å². The summed E-state index contributed by atoms with van der Waals surface area (Å²) in [7, 11) is 4.14. The van der Waals surface area contributed by atoms with Crippen molar-refractivity contribution in [2.45, 2.75) is 45.7 Å². The molecule has 3 aliphatic rings. The summed E-state index contributed by atoms with van der Waals surface area (Å²) < 4.78 is 6.23. The zero-order valence-electron chi connectivity index (χ0n) is 24.0. The number of piperidine rings is 1. The molecule has 41 heavy (non-hydrogen) atoms. The summed E-state index contributed by atoms with van der Waals surface area (Å²) in [4.78, 5) is 41.7. The number of aryl methyl sites for hydroxylation is 1. The Morgan fingerprint density at radius 1 is 1.20 bits per heavy atom. The summed E-state index contributed by atoms with van der Waals surface area (Å²) in [5, 5.41) is 12.1. The van der Waals surface area contributed by atoms with Gasteiger partial charge in [-0.3, -0.25) is 9.59 Å². The molecule has 2 fully saturated rings. The number of aromatic hydroxyl groups is 1. The first-order valence-electron chi connectivity index (χ1n) is 14.4. The van der Waals surface area contributed by atoms with Gasteiger partial charge in [0.05, 0.1) is 36.9 Å². The van der Waals surface area contributed by atoms with Gasteiger partial charge in [0.2, 0.25) is 5.91 Å². The van der Waals surface area contributed by atoms with Gasteiger partial charge < -0.3 is 30.3 Å². The number of aromatic nitrogens is 2. The smallest absolute Gasteiger partial charge is 0.318 e. The first-order valence-corrected chi connectivity index (χ1v) is 14.4. The molecule has 1 unspecified atom stereocenters. The number of nitrogens with two attached hydrogens (primary N) is 1. The molecule has 0 spiro atoms. The number of hydrogen-bond donors (Lipinski definition) is 2. The van der Waals surface area contributed by atoms with Crippen LogP contribution in [0.25, 0.3) is 10.8 Å². The predicted molar refractivity (Wildman–Crippen MR) is 156 cm³/mol. The first kappa shape index (κ1) is 27.3. The normalized spacial score (nSPS) is 19.5. The number of ether oxygens (including phenoxy) is 1. The Morgan fingerprint density at radius 2 is 2.00 bits per heavy atom. The number of anilines is 1. The van der Waals surface area contributed by atoms with E-state index >= 15 is 0 Å². The molecule has 10 heteroatoms. The van der Waals surface area contributed by atoms with Crippen molar-refractivity contribution in [2.75, 3.05) is 45.2 Å². The highest BCUT2D eigenvalue weighted by atomic mass is 16.5. The van der Waals surface area contributed by atoms with Gasteiger partial charge in [0.25, 0.3) is 5.91 Å². The fourth-order valence-electron chi connectivity index (χ4n) is 6.44. The number of carbonyl (C=O) groups is 2. The minimum absolute atomic E-state index is 0.0527. The molecule has 1 saturated carbocycles. The van der Waals surface area contributed by atoms with E-state index in [4.69, 9.17) is 20.4 Å². The zero-order valence-corrected chi connectivity index (χ0v) is 24.0. The van der Waals surface area contributed by atoms with Crippen LogP contribution >= 0.6 is 0 Å². The van der Waals surface area contributed by atoms with Crippen molar-refractivity contribution < 1.29 is 19.4 Å². The second-order valence-corrected chi connectivity index (χ2v) is 12.3. The molecule has 2 aliphatic heterocycles. The van der Waals surface area contributed by atoms with Gasteiger partial charge in [-0.1, -0.05) is 18.2 Å². The molecular weight excluding hydrogens is 520 g/mol. The Bertz CT molecular complexity index is 1520. The lowest BCUT2D eigenvalue weighted by Crippen LogP contribution is -2.42. The van der Waals surface area contributed by atoms with Gasteiger partial charge in [-0.2, -0.15) is 9.97 Å². The molecule has 3 heterocycles. The predicted octanol–water partition coefficient (Wildman–Crippen LogP) is 3.22. The average Bonchev–Trinajstić information content (AvgIpc) is 3.55. The van der Waals surface area contributed by atoms with Gasteiger partial charge in [0, 0.05) is 30.6 Å². The van der Waals surface area contributed by atoms with Crippen molar-refractivity contribution in [3.05, 3.63) is 52.7 Å². The fourth-order valence-corrected chi connectivity index (χ4v) is 6.44. The number of primary amides is 1. The van der Waals surface area contributed by atoms with Crippen LogP contribution in [0, 0.1) is 18.3 Å². The third-order valence-electron chi connectivity index (χ3n) is 8.67. The fraction of sp³-hybridized carbons (Fsp3) is 0.484. The minimum Gasteiger partial charge on any atom is -0.508 e. The molecule has 3 N–H and O–H groups in total. The molecule has 2 aromatic carbocycles. The van der Waals surface area contributed by atoms with Crippen LogP contribution in [0.2, 0.25) is 0 Å². The maximum absolute atomic E-state index is 14.0. The molecule has 6 rings (SSSR count). The van der Waals surface area contributed by atoms with E-state index in [1.54, 1.807) is 17.0 Å². The van der Waals surface area contributed by atoms with E-state index in [0.29, 0.717) is 43.6 Å². The molecule has 10 nitrogen and oxygen atoms in total. The van der Waals surface area contributed by atoms with Crippen molar-refractivity contribution in [3.8, 4) is 11.8 Å². The Morgan fingerprint density at radius 3 is 2.73 bits per heavy atom. The van der Waals surface area contributed by atoms with Gasteiger partial charge in [-0.15, -0.1) is 0 Å². The number of hydrogen-bond acceptors (Lipinski definition) is 8. The van der Waals surface area contributed by atoms with Crippen LogP contribution in [0.5, 0.6) is 11.8 Å². The second kappa shape index (κ2) is 10.5. The third-order valence-corrected chi connectivity index (χ3v) is 8.67. The zero-order chi connectivity index (χ0) is 28.9. The average molecular weight is 559 g/mol. The quantitative estimate of drug-likeness (QED) is 0.432. The largest absolute Gasteiger partial charge is 0.508 e. The van der Waals surface area contributed by atoms with E-state index < -0.39 is 0 Å². The van der Waals surface area contributed by atoms with Crippen LogP contribution in [0.3, 0.4) is 0 Å². The van der Waals surface area contributed by atoms with Crippen LogP contribution in [0.15, 0.2) is 30.3 Å². The summed E-state index contributed by atoms with van der Waals surface area (Å²) in [5.41, 5.74) is 8.85. The van der Waals surface area contributed by atoms with E-state index in [1.165, 1.54) is 0 Å². The van der Waals surface area contributed by atoms with Crippen molar-refractivity contribution in [3.63, 3.8) is 0 Å². The highest BCUT2D eigenvalue weighted by Gasteiger charge is 2.44. The van der Waals surface area contributed by atoms with Crippen LogP contribution in [0.1, 0.15) is 52.9 Å². The van der Waals surface area contributed by atoms with E-state index in [1.807, 2.05) is 25.1 Å². The van der Waals surface area contributed by atoms with E-state index in [9.17, 15) is 14.7 Å². The number of phenolic OH excluding ortho intramolecular Hbond substituents is 1. The molecule has 0 radical (unpaired) electrons. The Balaban J connectivity index is 1.33. The molecule has 2 amide bonds. The standard InChI is InChI=1S/C31H38N6O4/c1-19-6-4-7-20-12-22(38)13-23(26(19)20)29(40)37-15-24-25(16-37)33-30(41-18-31(9-10-31)17-35(2)3)34-28(24)36-11-5-8-21(14-36)27(32)39/h4,6-7,12-13,21,38H,5,8-11,14-18H2,1-3H3,(H2,32,39). The van der Waals surface area contributed by atoms with Crippen LogP contribution < -0.4 is 15.4 Å². The van der Waals surface area contributed by atoms with Crippen molar-refractivity contribution >= 4 is 28.4 Å². The van der Waals surface area contributed by atoms with E-state index in [0.717, 1.165) is 66.4 Å². The maximum atomic E-state index is 14.0. The number of rotatable bonds is 8.